The Bertz CT molecular complexity index is 796. The summed E-state index contributed by atoms with van der Waals surface area (Å²) in [5.41, 5.74) is 0.619. The summed E-state index contributed by atoms with van der Waals surface area (Å²) in [6.07, 6.45) is 6.74. The van der Waals surface area contributed by atoms with E-state index in [1.165, 1.54) is 5.57 Å². The number of allylic oxidation sites excluding steroid dienone is 3. The van der Waals surface area contributed by atoms with Crippen LogP contribution in [0.15, 0.2) is 35.5 Å². The van der Waals surface area contributed by atoms with Crippen LogP contribution in [-0.2, 0) is 0 Å². The first-order chi connectivity index (χ1) is 15.2. The van der Waals surface area contributed by atoms with Crippen molar-refractivity contribution in [3.05, 3.63) is 35.5 Å². The van der Waals surface area contributed by atoms with E-state index in [4.69, 9.17) is 0 Å². The molecule has 0 aliphatic heterocycles. The van der Waals surface area contributed by atoms with Crippen molar-refractivity contribution in [2.75, 3.05) is 0 Å². The molecule has 3 saturated carbocycles. The number of rotatable bonds is 6. The van der Waals surface area contributed by atoms with Gasteiger partial charge in [-0.25, -0.2) is 8.78 Å². The van der Waals surface area contributed by atoms with Crippen molar-refractivity contribution in [1.82, 2.24) is 0 Å². The summed E-state index contributed by atoms with van der Waals surface area (Å²) < 4.78 is 28.9. The predicted octanol–water partition coefficient (Wildman–Crippen LogP) is 4.92. The van der Waals surface area contributed by atoms with E-state index in [1.807, 2.05) is 13.0 Å². The van der Waals surface area contributed by atoms with Crippen molar-refractivity contribution in [2.45, 2.75) is 109 Å². The molecule has 0 heterocycles. The molecular weight excluding hydrogens is 426 g/mol. The van der Waals surface area contributed by atoms with E-state index >= 15 is 0 Å². The average molecular weight is 469 g/mol. The Morgan fingerprint density at radius 2 is 1.88 bits per heavy atom. The molecule has 0 bridgehead atoms. The smallest absolute Gasteiger partial charge is 0.300 e. The Balaban J connectivity index is 1.76. The summed E-state index contributed by atoms with van der Waals surface area (Å²) >= 11 is 0. The second-order valence-corrected chi connectivity index (χ2v) is 11.6. The van der Waals surface area contributed by atoms with Gasteiger partial charge in [0.15, 0.2) is 0 Å². The molecular formula is C27H42F2O4. The molecule has 7 atom stereocenters. The molecule has 0 amide bonds. The summed E-state index contributed by atoms with van der Waals surface area (Å²) in [5.74, 6) is -3.08. The van der Waals surface area contributed by atoms with Gasteiger partial charge in [0.25, 0.3) is 0 Å². The lowest BCUT2D eigenvalue weighted by Gasteiger charge is -2.45. The molecule has 6 heteroatoms. The molecule has 0 unspecified atom stereocenters. The highest BCUT2D eigenvalue weighted by atomic mass is 19.3. The second kappa shape index (κ2) is 9.52. The van der Waals surface area contributed by atoms with Gasteiger partial charge in [0.2, 0.25) is 0 Å². The maximum atomic E-state index is 14.5. The van der Waals surface area contributed by atoms with E-state index in [-0.39, 0.29) is 23.7 Å². The number of aliphatic hydroxyl groups excluding tert-OH is 3. The van der Waals surface area contributed by atoms with Crippen LogP contribution in [-0.4, -0.2) is 50.3 Å². The molecule has 4 nitrogen and oxygen atoms in total. The van der Waals surface area contributed by atoms with Gasteiger partial charge in [0, 0.05) is 6.42 Å². The standard InChI is InChI=1S/C27H42F2O4/c1-16(13-24(32)27(28,29)25(3,4)33)21-10-11-22-18(7-6-12-26(21,22)5)8-9-19-14-20(30)15-23(31)17(19)2/h8-9,16,20-24,30-33H,2,6-7,10-15H2,1,3-5H3/b18-8+,19-9-/t16-,20-,21-,22+,23+,24+,26-/m1/s1. The molecule has 0 aromatic heterocycles. The van der Waals surface area contributed by atoms with E-state index in [0.29, 0.717) is 24.3 Å². The molecule has 0 radical (unpaired) electrons. The van der Waals surface area contributed by atoms with Gasteiger partial charge >= 0.3 is 5.92 Å². The summed E-state index contributed by atoms with van der Waals surface area (Å²) in [6.45, 7) is 10.3. The quantitative estimate of drug-likeness (QED) is 0.446. The van der Waals surface area contributed by atoms with E-state index in [0.717, 1.165) is 51.5 Å². The van der Waals surface area contributed by atoms with Gasteiger partial charge in [-0.2, -0.15) is 0 Å². The number of halogens is 2. The fraction of sp³-hybridized carbons (Fsp3) is 0.778. The highest BCUT2D eigenvalue weighted by molar-refractivity contribution is 5.38. The number of fused-ring (bicyclic) bond motifs is 1. The lowest BCUT2D eigenvalue weighted by Crippen LogP contribution is -2.52. The van der Waals surface area contributed by atoms with Gasteiger partial charge in [-0.1, -0.05) is 38.2 Å². The molecule has 0 spiro atoms. The van der Waals surface area contributed by atoms with Crippen molar-refractivity contribution in [1.29, 1.82) is 0 Å². The molecule has 0 aromatic carbocycles. The van der Waals surface area contributed by atoms with E-state index in [1.54, 1.807) is 0 Å². The molecule has 3 aliphatic carbocycles. The Labute approximate surface area is 197 Å². The maximum Gasteiger partial charge on any atom is 0.300 e. The molecule has 0 aromatic rings. The van der Waals surface area contributed by atoms with Crippen LogP contribution < -0.4 is 0 Å². The third-order valence-electron chi connectivity index (χ3n) is 8.82. The van der Waals surface area contributed by atoms with Crippen molar-refractivity contribution in [3.8, 4) is 0 Å². The number of aliphatic hydroxyl groups is 4. The van der Waals surface area contributed by atoms with Gasteiger partial charge < -0.3 is 20.4 Å². The minimum absolute atomic E-state index is 0.0195. The van der Waals surface area contributed by atoms with Crippen molar-refractivity contribution in [3.63, 3.8) is 0 Å². The zero-order valence-electron chi connectivity index (χ0n) is 20.5. The van der Waals surface area contributed by atoms with Crippen LogP contribution in [0.5, 0.6) is 0 Å². The van der Waals surface area contributed by atoms with Gasteiger partial charge in [-0.15, -0.1) is 0 Å². The molecule has 188 valence electrons. The highest BCUT2D eigenvalue weighted by Crippen LogP contribution is 2.60. The molecule has 0 saturated heterocycles. The van der Waals surface area contributed by atoms with Gasteiger partial charge in [-0.05, 0) is 93.1 Å². The van der Waals surface area contributed by atoms with E-state index in [2.05, 4.69) is 19.6 Å². The van der Waals surface area contributed by atoms with E-state index < -0.39 is 29.8 Å². The number of hydrogen-bond donors (Lipinski definition) is 4. The van der Waals surface area contributed by atoms with Crippen molar-refractivity contribution < 1.29 is 29.2 Å². The van der Waals surface area contributed by atoms with Gasteiger partial charge in [0.05, 0.1) is 12.2 Å². The third-order valence-corrected chi connectivity index (χ3v) is 8.82. The van der Waals surface area contributed by atoms with Crippen LogP contribution in [0.1, 0.15) is 79.1 Å². The molecule has 4 N–H and O–H groups in total. The molecule has 3 rings (SSSR count). The SMILES string of the molecule is C=C1/C(=C\C=C2/CCC[C@]3(C)[C@@H]([C@H](C)C[C@H](O)C(F)(F)C(C)(C)O)CC[C@@H]23)C[C@@H](O)C[C@@H]1O. The zero-order valence-corrected chi connectivity index (χ0v) is 20.5. The second-order valence-electron chi connectivity index (χ2n) is 11.6. The Hall–Kier alpha value is -1.08. The van der Waals surface area contributed by atoms with E-state index in [9.17, 15) is 29.2 Å². The summed E-state index contributed by atoms with van der Waals surface area (Å²) in [6, 6.07) is 0. The summed E-state index contributed by atoms with van der Waals surface area (Å²) in [7, 11) is 0. The Kier molecular flexibility index (Phi) is 7.65. The topological polar surface area (TPSA) is 80.9 Å². The van der Waals surface area contributed by atoms with Crippen LogP contribution in [0, 0.1) is 23.2 Å². The van der Waals surface area contributed by atoms with Crippen molar-refractivity contribution >= 4 is 0 Å². The number of hydrogen-bond acceptors (Lipinski definition) is 4. The first-order valence-corrected chi connectivity index (χ1v) is 12.4. The molecule has 33 heavy (non-hydrogen) atoms. The fourth-order valence-corrected chi connectivity index (χ4v) is 6.75. The van der Waals surface area contributed by atoms with Crippen LogP contribution in [0.2, 0.25) is 0 Å². The Morgan fingerprint density at radius 3 is 2.52 bits per heavy atom. The van der Waals surface area contributed by atoms with Crippen LogP contribution >= 0.6 is 0 Å². The maximum absolute atomic E-state index is 14.5. The minimum atomic E-state index is -3.57. The predicted molar refractivity (Wildman–Crippen MR) is 126 cm³/mol. The third kappa shape index (κ3) is 5.14. The number of alkyl halides is 2. The normalized spacial score (nSPS) is 37.9. The molecule has 3 aliphatic rings. The van der Waals surface area contributed by atoms with Crippen LogP contribution in [0.25, 0.3) is 0 Å². The molecule has 3 fully saturated rings. The minimum Gasteiger partial charge on any atom is -0.393 e. The zero-order chi connectivity index (χ0) is 24.8. The summed E-state index contributed by atoms with van der Waals surface area (Å²) in [4.78, 5) is 0. The van der Waals surface area contributed by atoms with Crippen LogP contribution in [0.4, 0.5) is 8.78 Å². The average Bonchev–Trinajstić information content (AvgIpc) is 3.06. The largest absolute Gasteiger partial charge is 0.393 e. The summed E-state index contributed by atoms with van der Waals surface area (Å²) in [5, 5.41) is 40.2. The van der Waals surface area contributed by atoms with Gasteiger partial charge in [0.1, 0.15) is 11.7 Å². The lowest BCUT2D eigenvalue weighted by molar-refractivity contribution is -0.220. The first-order valence-electron chi connectivity index (χ1n) is 12.4. The first kappa shape index (κ1) is 26.5. The highest BCUT2D eigenvalue weighted by Gasteiger charge is 2.54. The lowest BCUT2D eigenvalue weighted by atomic mass is 9.60. The Morgan fingerprint density at radius 1 is 1.21 bits per heavy atom. The monoisotopic (exact) mass is 468 g/mol. The van der Waals surface area contributed by atoms with Gasteiger partial charge in [-0.3, -0.25) is 0 Å². The van der Waals surface area contributed by atoms with Crippen molar-refractivity contribution in [2.24, 2.45) is 23.2 Å². The fourth-order valence-electron chi connectivity index (χ4n) is 6.75. The van der Waals surface area contributed by atoms with Crippen LogP contribution in [0.3, 0.4) is 0 Å².